The van der Waals surface area contributed by atoms with Gasteiger partial charge in [0.25, 0.3) is 11.1 Å². The molecule has 0 aliphatic carbocycles. The van der Waals surface area contributed by atoms with E-state index in [1.807, 2.05) is 0 Å². The molecule has 1 fully saturated rings. The number of carbonyl (C=O) groups excluding carboxylic acids is 3. The molecule has 168 valence electrons. The lowest BCUT2D eigenvalue weighted by molar-refractivity contribution is -0.148. The largest absolute Gasteiger partial charge is 0.493 e. The van der Waals surface area contributed by atoms with E-state index in [4.69, 9.17) is 21.1 Å². The molecule has 1 atom stereocenters. The molecule has 0 spiro atoms. The first-order valence-corrected chi connectivity index (χ1v) is 10.5. The van der Waals surface area contributed by atoms with Crippen molar-refractivity contribution in [3.63, 3.8) is 0 Å². The fourth-order valence-electron chi connectivity index (χ4n) is 2.94. The predicted molar refractivity (Wildman–Crippen MR) is 118 cm³/mol. The first-order valence-electron chi connectivity index (χ1n) is 9.34. The van der Waals surface area contributed by atoms with Crippen LogP contribution in [0.5, 0.6) is 11.5 Å². The highest BCUT2D eigenvalue weighted by Gasteiger charge is 2.41. The summed E-state index contributed by atoms with van der Waals surface area (Å²) in [6, 6.07) is 7.96. The molecule has 1 aliphatic rings. The number of carbonyl (C=O) groups is 3. The van der Waals surface area contributed by atoms with Crippen molar-refractivity contribution in [3.05, 3.63) is 63.3 Å². The number of hydrogen-bond donors (Lipinski definition) is 0. The van der Waals surface area contributed by atoms with Gasteiger partial charge < -0.3 is 14.2 Å². The Morgan fingerprint density at radius 2 is 1.91 bits per heavy atom. The van der Waals surface area contributed by atoms with Crippen molar-refractivity contribution in [2.24, 2.45) is 0 Å². The van der Waals surface area contributed by atoms with Crippen molar-refractivity contribution in [1.29, 1.82) is 0 Å². The lowest BCUT2D eigenvalue weighted by Gasteiger charge is -2.18. The highest BCUT2D eigenvalue weighted by Crippen LogP contribution is 2.39. The number of nitrogens with zero attached hydrogens (tertiary/aromatic N) is 1. The van der Waals surface area contributed by atoms with Gasteiger partial charge in [0.1, 0.15) is 18.5 Å². The second-order valence-corrected chi connectivity index (χ2v) is 8.10. The van der Waals surface area contributed by atoms with Crippen molar-refractivity contribution >= 4 is 46.6 Å². The molecule has 32 heavy (non-hydrogen) atoms. The highest BCUT2D eigenvalue weighted by atomic mass is 35.5. The van der Waals surface area contributed by atoms with Gasteiger partial charge in [0.2, 0.25) is 0 Å². The van der Waals surface area contributed by atoms with Gasteiger partial charge in [0, 0.05) is 0 Å². The van der Waals surface area contributed by atoms with Crippen LogP contribution in [0.25, 0.3) is 6.08 Å². The van der Waals surface area contributed by atoms with Gasteiger partial charge in [0.15, 0.2) is 11.5 Å². The molecule has 1 saturated heterocycles. The zero-order valence-corrected chi connectivity index (χ0v) is 19.0. The van der Waals surface area contributed by atoms with Crippen LogP contribution < -0.4 is 9.47 Å². The number of thioether (sulfide) groups is 1. The first kappa shape index (κ1) is 23.6. The van der Waals surface area contributed by atoms with Gasteiger partial charge in [-0.25, -0.2) is 9.18 Å². The van der Waals surface area contributed by atoms with Crippen molar-refractivity contribution in [2.75, 3.05) is 14.2 Å². The molecule has 10 heteroatoms. The van der Waals surface area contributed by atoms with E-state index in [1.54, 1.807) is 24.3 Å². The predicted octanol–water partition coefficient (Wildman–Crippen LogP) is 4.66. The monoisotopic (exact) mass is 479 g/mol. The topological polar surface area (TPSA) is 82.1 Å². The summed E-state index contributed by atoms with van der Waals surface area (Å²) in [5, 5.41) is -0.351. The molecule has 2 amide bonds. The summed E-state index contributed by atoms with van der Waals surface area (Å²) < 4.78 is 28.8. The summed E-state index contributed by atoms with van der Waals surface area (Å²) in [6.07, 6.45) is 1.48. The Morgan fingerprint density at radius 1 is 1.22 bits per heavy atom. The van der Waals surface area contributed by atoms with E-state index in [2.05, 4.69) is 4.74 Å². The van der Waals surface area contributed by atoms with Gasteiger partial charge in [-0.05, 0) is 60.2 Å². The van der Waals surface area contributed by atoms with E-state index in [9.17, 15) is 18.8 Å². The Kier molecular flexibility index (Phi) is 7.42. The Bertz CT molecular complexity index is 1090. The Labute approximate surface area is 193 Å². The number of esters is 1. The zero-order chi connectivity index (χ0) is 23.4. The molecule has 1 aliphatic heterocycles. The average molecular weight is 480 g/mol. The molecular weight excluding hydrogens is 461 g/mol. The van der Waals surface area contributed by atoms with E-state index in [0.29, 0.717) is 23.1 Å². The third-order valence-corrected chi connectivity index (χ3v) is 5.76. The maximum Gasteiger partial charge on any atom is 0.328 e. The van der Waals surface area contributed by atoms with Gasteiger partial charge in [-0.15, -0.1) is 0 Å². The fourth-order valence-corrected chi connectivity index (χ4v) is 4.12. The van der Waals surface area contributed by atoms with Gasteiger partial charge in [-0.1, -0.05) is 23.7 Å². The minimum Gasteiger partial charge on any atom is -0.493 e. The number of ether oxygens (including phenoxy) is 3. The number of amides is 2. The second kappa shape index (κ2) is 10.1. The molecule has 0 bridgehead atoms. The van der Waals surface area contributed by atoms with Crippen molar-refractivity contribution < 1.29 is 33.0 Å². The van der Waals surface area contributed by atoms with E-state index in [1.165, 1.54) is 39.4 Å². The van der Waals surface area contributed by atoms with Crippen LogP contribution in [-0.4, -0.2) is 42.3 Å². The maximum absolute atomic E-state index is 13.1. The van der Waals surface area contributed by atoms with Crippen LogP contribution in [-0.2, 0) is 20.9 Å². The van der Waals surface area contributed by atoms with E-state index in [-0.39, 0.29) is 28.1 Å². The second-order valence-electron chi connectivity index (χ2n) is 6.70. The molecule has 0 saturated carbocycles. The summed E-state index contributed by atoms with van der Waals surface area (Å²) in [5.41, 5.74) is 1.24. The Balaban J connectivity index is 1.83. The number of benzene rings is 2. The van der Waals surface area contributed by atoms with Gasteiger partial charge in [-0.3, -0.25) is 14.5 Å². The van der Waals surface area contributed by atoms with Crippen molar-refractivity contribution in [1.82, 2.24) is 4.90 Å². The third-order valence-electron chi connectivity index (χ3n) is 4.60. The molecule has 2 aromatic rings. The lowest BCUT2D eigenvalue weighted by Crippen LogP contribution is -2.42. The number of methoxy groups -OCH3 is 2. The van der Waals surface area contributed by atoms with Crippen LogP contribution in [0.4, 0.5) is 9.18 Å². The standard InChI is InChI=1S/C22H19ClFNO6S/c1-12(21(27)30-3)25-20(26)18(32-22(25)28)10-14-8-16(23)19(17(9-14)29-2)31-11-13-4-6-15(24)7-5-13/h4-10,12H,11H2,1-3H3/b18-10+/t12-/m0/s1. The van der Waals surface area contributed by atoms with Crippen LogP contribution in [0.3, 0.4) is 0 Å². The molecule has 3 rings (SSSR count). The van der Waals surface area contributed by atoms with Gasteiger partial charge in [0.05, 0.1) is 24.1 Å². The smallest absolute Gasteiger partial charge is 0.328 e. The molecule has 0 aromatic heterocycles. The molecule has 0 N–H and O–H groups in total. The molecule has 0 unspecified atom stereocenters. The molecular formula is C22H19ClFNO6S. The first-order chi connectivity index (χ1) is 15.2. The van der Waals surface area contributed by atoms with Crippen LogP contribution in [0.1, 0.15) is 18.1 Å². The van der Waals surface area contributed by atoms with E-state index in [0.717, 1.165) is 10.5 Å². The van der Waals surface area contributed by atoms with Crippen LogP contribution in [0.2, 0.25) is 5.02 Å². The molecule has 7 nitrogen and oxygen atoms in total. The number of rotatable bonds is 7. The molecule has 0 radical (unpaired) electrons. The fraction of sp³-hybridized carbons (Fsp3) is 0.227. The SMILES string of the molecule is COC(=O)[C@H](C)N1C(=O)S/C(=C/c2cc(Cl)c(OCc3ccc(F)cc3)c(OC)c2)C1=O. The quantitative estimate of drug-likeness (QED) is 0.421. The highest BCUT2D eigenvalue weighted by molar-refractivity contribution is 8.18. The van der Waals surface area contributed by atoms with Gasteiger partial charge in [-0.2, -0.15) is 0 Å². The summed E-state index contributed by atoms with van der Waals surface area (Å²) >= 11 is 7.08. The maximum atomic E-state index is 13.1. The minimum absolute atomic E-state index is 0.129. The summed E-state index contributed by atoms with van der Waals surface area (Å²) in [5.74, 6) is -1.05. The van der Waals surface area contributed by atoms with Crippen LogP contribution in [0.15, 0.2) is 41.3 Å². The Morgan fingerprint density at radius 3 is 2.53 bits per heavy atom. The Hall–Kier alpha value is -3.04. The van der Waals surface area contributed by atoms with Crippen molar-refractivity contribution in [3.8, 4) is 11.5 Å². The summed E-state index contributed by atoms with van der Waals surface area (Å²) in [4.78, 5) is 37.6. The number of imide groups is 1. The lowest BCUT2D eigenvalue weighted by atomic mass is 10.1. The third kappa shape index (κ3) is 5.05. The number of halogens is 2. The van der Waals surface area contributed by atoms with Gasteiger partial charge >= 0.3 is 5.97 Å². The minimum atomic E-state index is -1.04. The van der Waals surface area contributed by atoms with Crippen LogP contribution >= 0.6 is 23.4 Å². The summed E-state index contributed by atoms with van der Waals surface area (Å²) in [6.45, 7) is 1.55. The molecule has 2 aromatic carbocycles. The summed E-state index contributed by atoms with van der Waals surface area (Å²) in [7, 11) is 2.62. The van der Waals surface area contributed by atoms with Crippen molar-refractivity contribution in [2.45, 2.75) is 19.6 Å². The van der Waals surface area contributed by atoms with E-state index >= 15 is 0 Å². The zero-order valence-electron chi connectivity index (χ0n) is 17.4. The number of hydrogen-bond acceptors (Lipinski definition) is 7. The van der Waals surface area contributed by atoms with Crippen LogP contribution in [0, 0.1) is 5.82 Å². The normalized spacial score (nSPS) is 15.8. The molecule has 1 heterocycles. The average Bonchev–Trinajstić information content (AvgIpc) is 3.05. The van der Waals surface area contributed by atoms with E-state index < -0.39 is 23.2 Å².